The molecular weight excluding hydrogens is 194 g/mol. The third-order valence-corrected chi connectivity index (χ3v) is 1.48. The highest BCUT2D eigenvalue weighted by atomic mass is 79.9. The van der Waals surface area contributed by atoms with Gasteiger partial charge in [0, 0.05) is 12.6 Å². The lowest BCUT2D eigenvalue weighted by Gasteiger charge is -1.94. The summed E-state index contributed by atoms with van der Waals surface area (Å²) in [5.41, 5.74) is 6.25. The first kappa shape index (κ1) is 7.63. The van der Waals surface area contributed by atoms with E-state index in [9.17, 15) is 0 Å². The molecule has 0 aromatic carbocycles. The molecule has 0 aliphatic rings. The average Bonchev–Trinajstić information content (AvgIpc) is 1.95. The molecule has 1 aromatic heterocycles. The average molecular weight is 202 g/mol. The van der Waals surface area contributed by atoms with Crippen LogP contribution in [0, 0.1) is 0 Å². The quantitative estimate of drug-likeness (QED) is 0.769. The summed E-state index contributed by atoms with van der Waals surface area (Å²) in [6.45, 7) is 0.621. The van der Waals surface area contributed by atoms with Crippen molar-refractivity contribution in [3.8, 4) is 0 Å². The maximum absolute atomic E-state index is 5.32. The van der Waals surface area contributed by atoms with E-state index in [2.05, 4.69) is 25.9 Å². The minimum Gasteiger partial charge on any atom is -0.330 e. The summed E-state index contributed by atoms with van der Waals surface area (Å²) >= 11 is 3.19. The molecule has 1 rings (SSSR count). The minimum atomic E-state index is 0.621. The third-order valence-electron chi connectivity index (χ3n) is 1.07. The van der Waals surface area contributed by atoms with E-state index in [1.165, 1.54) is 0 Å². The molecule has 4 heteroatoms. The van der Waals surface area contributed by atoms with Gasteiger partial charge in [0.25, 0.3) is 0 Å². The summed E-state index contributed by atoms with van der Waals surface area (Å²) in [7, 11) is 0. The van der Waals surface area contributed by atoms with Gasteiger partial charge in [0.1, 0.15) is 4.60 Å². The van der Waals surface area contributed by atoms with Crippen molar-refractivity contribution >= 4 is 15.9 Å². The summed E-state index contributed by atoms with van der Waals surface area (Å²) < 4.78 is 0.758. The van der Waals surface area contributed by atoms with E-state index in [-0.39, 0.29) is 0 Å². The molecule has 0 saturated heterocycles. The van der Waals surface area contributed by atoms with Gasteiger partial charge in [-0.1, -0.05) is 0 Å². The van der Waals surface area contributed by atoms with Crippen LogP contribution in [0.15, 0.2) is 17.0 Å². The van der Waals surface area contributed by atoms with E-state index in [1.54, 1.807) is 12.4 Å². The fraction of sp³-hybridized carbons (Fsp3) is 0.333. The second-order valence-corrected chi connectivity index (χ2v) is 2.68. The first-order valence-corrected chi connectivity index (χ1v) is 3.78. The van der Waals surface area contributed by atoms with Crippen LogP contribution in [-0.4, -0.2) is 16.5 Å². The van der Waals surface area contributed by atoms with Crippen LogP contribution in [0.25, 0.3) is 0 Å². The highest BCUT2D eigenvalue weighted by Crippen LogP contribution is 2.02. The molecule has 1 aromatic rings. The molecule has 0 fully saturated rings. The molecule has 0 unspecified atom stereocenters. The molecule has 0 radical (unpaired) electrons. The zero-order valence-electron chi connectivity index (χ0n) is 5.42. The molecule has 0 amide bonds. The van der Waals surface area contributed by atoms with Gasteiger partial charge in [0.15, 0.2) is 0 Å². The number of nitrogens with two attached hydrogens (primary N) is 1. The van der Waals surface area contributed by atoms with Crippen LogP contribution in [0.1, 0.15) is 5.69 Å². The maximum Gasteiger partial charge on any atom is 0.124 e. The normalized spacial score (nSPS) is 9.80. The predicted molar refractivity (Wildman–Crippen MR) is 42.5 cm³/mol. The summed E-state index contributed by atoms with van der Waals surface area (Å²) in [6.07, 6.45) is 4.18. The van der Waals surface area contributed by atoms with Gasteiger partial charge in [0.05, 0.1) is 11.9 Å². The van der Waals surface area contributed by atoms with E-state index in [0.29, 0.717) is 6.54 Å². The monoisotopic (exact) mass is 201 g/mol. The summed E-state index contributed by atoms with van der Waals surface area (Å²) in [6, 6.07) is 0. The van der Waals surface area contributed by atoms with Crippen molar-refractivity contribution < 1.29 is 0 Å². The van der Waals surface area contributed by atoms with Crippen molar-refractivity contribution in [2.24, 2.45) is 5.73 Å². The molecule has 0 atom stereocenters. The number of rotatable bonds is 2. The van der Waals surface area contributed by atoms with Gasteiger partial charge in [-0.05, 0) is 22.5 Å². The maximum atomic E-state index is 5.32. The Kier molecular flexibility index (Phi) is 2.77. The van der Waals surface area contributed by atoms with Crippen LogP contribution >= 0.6 is 15.9 Å². The Morgan fingerprint density at radius 1 is 1.40 bits per heavy atom. The lowest BCUT2D eigenvalue weighted by atomic mass is 10.3. The Balaban J connectivity index is 2.69. The number of hydrogen-bond acceptors (Lipinski definition) is 3. The molecule has 0 saturated carbocycles. The van der Waals surface area contributed by atoms with E-state index < -0.39 is 0 Å². The summed E-state index contributed by atoms with van der Waals surface area (Å²) in [5, 5.41) is 0. The Morgan fingerprint density at radius 3 is 2.70 bits per heavy atom. The van der Waals surface area contributed by atoms with E-state index in [0.717, 1.165) is 16.7 Å². The van der Waals surface area contributed by atoms with Gasteiger partial charge >= 0.3 is 0 Å². The Hall–Kier alpha value is -0.480. The standard InChI is InChI=1S/C6H8BrN3/c7-6-4-9-5(1-2-8)3-10-6/h3-4H,1-2,8H2. The molecule has 0 spiro atoms. The van der Waals surface area contributed by atoms with Gasteiger partial charge in [0.2, 0.25) is 0 Å². The topological polar surface area (TPSA) is 51.8 Å². The van der Waals surface area contributed by atoms with Crippen LogP contribution in [0.4, 0.5) is 0 Å². The van der Waals surface area contributed by atoms with Crippen LogP contribution in [0.5, 0.6) is 0 Å². The van der Waals surface area contributed by atoms with Gasteiger partial charge in [-0.25, -0.2) is 4.98 Å². The minimum absolute atomic E-state index is 0.621. The molecule has 54 valence electrons. The third kappa shape index (κ3) is 2.04. The zero-order valence-corrected chi connectivity index (χ0v) is 7.00. The first-order valence-electron chi connectivity index (χ1n) is 2.99. The number of hydrogen-bond donors (Lipinski definition) is 1. The smallest absolute Gasteiger partial charge is 0.124 e. The van der Waals surface area contributed by atoms with Crippen molar-refractivity contribution in [3.63, 3.8) is 0 Å². The molecule has 0 aliphatic heterocycles. The molecule has 1 heterocycles. The lowest BCUT2D eigenvalue weighted by Crippen LogP contribution is -2.04. The number of halogens is 1. The molecule has 3 nitrogen and oxygen atoms in total. The van der Waals surface area contributed by atoms with Crippen molar-refractivity contribution in [3.05, 3.63) is 22.7 Å². The molecular formula is C6H8BrN3. The van der Waals surface area contributed by atoms with Crippen LogP contribution in [-0.2, 0) is 6.42 Å². The Labute approximate surface area is 67.8 Å². The van der Waals surface area contributed by atoms with Gasteiger partial charge in [-0.2, -0.15) is 0 Å². The van der Waals surface area contributed by atoms with Crippen LogP contribution in [0.2, 0.25) is 0 Å². The number of aromatic nitrogens is 2. The van der Waals surface area contributed by atoms with Crippen molar-refractivity contribution in [1.82, 2.24) is 9.97 Å². The SMILES string of the molecule is NCCc1cnc(Br)cn1. The molecule has 2 N–H and O–H groups in total. The van der Waals surface area contributed by atoms with Crippen LogP contribution in [0.3, 0.4) is 0 Å². The van der Waals surface area contributed by atoms with Gasteiger partial charge < -0.3 is 5.73 Å². The first-order chi connectivity index (χ1) is 4.83. The number of nitrogens with zero attached hydrogens (tertiary/aromatic N) is 2. The molecule has 0 bridgehead atoms. The van der Waals surface area contributed by atoms with Crippen LogP contribution < -0.4 is 5.73 Å². The van der Waals surface area contributed by atoms with Gasteiger partial charge in [-0.3, -0.25) is 4.98 Å². The zero-order chi connectivity index (χ0) is 7.40. The van der Waals surface area contributed by atoms with Crippen molar-refractivity contribution in [2.75, 3.05) is 6.54 Å². The second-order valence-electron chi connectivity index (χ2n) is 1.87. The molecule has 10 heavy (non-hydrogen) atoms. The largest absolute Gasteiger partial charge is 0.330 e. The summed E-state index contributed by atoms with van der Waals surface area (Å²) in [5.74, 6) is 0. The highest BCUT2D eigenvalue weighted by molar-refractivity contribution is 9.10. The van der Waals surface area contributed by atoms with Crippen molar-refractivity contribution in [2.45, 2.75) is 6.42 Å². The van der Waals surface area contributed by atoms with E-state index in [4.69, 9.17) is 5.73 Å². The Bertz CT molecular complexity index is 197. The highest BCUT2D eigenvalue weighted by Gasteiger charge is 1.91. The second kappa shape index (κ2) is 3.63. The predicted octanol–water partition coefficient (Wildman–Crippen LogP) is 0.740. The van der Waals surface area contributed by atoms with Gasteiger partial charge in [-0.15, -0.1) is 0 Å². The Morgan fingerprint density at radius 2 is 2.20 bits per heavy atom. The lowest BCUT2D eigenvalue weighted by molar-refractivity contribution is 0.903. The van der Waals surface area contributed by atoms with Crippen molar-refractivity contribution in [1.29, 1.82) is 0 Å². The van der Waals surface area contributed by atoms with E-state index in [1.807, 2.05) is 0 Å². The summed E-state index contributed by atoms with van der Waals surface area (Å²) in [4.78, 5) is 8.07. The fourth-order valence-electron chi connectivity index (χ4n) is 0.616. The van der Waals surface area contributed by atoms with E-state index >= 15 is 0 Å². The fourth-order valence-corrected chi connectivity index (χ4v) is 0.821. The molecule has 0 aliphatic carbocycles.